The molecule has 0 aliphatic carbocycles. The number of carboxylic acids is 1. The van der Waals surface area contributed by atoms with E-state index in [9.17, 15) is 9.90 Å². The van der Waals surface area contributed by atoms with Crippen molar-refractivity contribution in [1.29, 1.82) is 0 Å². The van der Waals surface area contributed by atoms with E-state index in [4.69, 9.17) is 3.07 Å². The SMILES string of the molecule is O=C(O)Cc1cc(-c2ccccc2)cc(-c2ccccc2)c1OI. The Bertz CT molecular complexity index is 846. The summed E-state index contributed by atoms with van der Waals surface area (Å²) in [5.41, 5.74) is 4.57. The van der Waals surface area contributed by atoms with E-state index in [1.165, 1.54) is 0 Å². The molecule has 0 aliphatic heterocycles. The van der Waals surface area contributed by atoms with Gasteiger partial charge in [0.25, 0.3) is 0 Å². The summed E-state index contributed by atoms with van der Waals surface area (Å²) in [6, 6.07) is 23.7. The molecular formula is C20H15IO3. The number of benzene rings is 3. The Morgan fingerprint density at radius 1 is 0.875 bits per heavy atom. The molecule has 0 heterocycles. The first kappa shape index (κ1) is 16.5. The molecule has 24 heavy (non-hydrogen) atoms. The van der Waals surface area contributed by atoms with Crippen LogP contribution in [0.2, 0.25) is 0 Å². The van der Waals surface area contributed by atoms with Crippen LogP contribution in [0.5, 0.6) is 5.75 Å². The quantitative estimate of drug-likeness (QED) is 0.554. The molecule has 0 saturated heterocycles. The Labute approximate surface area is 154 Å². The smallest absolute Gasteiger partial charge is 0.307 e. The standard InChI is InChI=1S/C20H15IO3/c21-24-20-17(13-19(22)23)11-16(14-7-3-1-4-8-14)12-18(20)15-9-5-2-6-10-15/h1-12H,13H2,(H,22,23). The van der Waals surface area contributed by atoms with Crippen molar-refractivity contribution in [3.8, 4) is 28.0 Å². The molecule has 0 atom stereocenters. The third-order valence-corrected chi connectivity index (χ3v) is 4.22. The summed E-state index contributed by atoms with van der Waals surface area (Å²) in [5.74, 6) is -0.280. The topological polar surface area (TPSA) is 46.5 Å². The van der Waals surface area contributed by atoms with E-state index < -0.39 is 5.97 Å². The van der Waals surface area contributed by atoms with Gasteiger partial charge in [0.05, 0.1) is 6.42 Å². The van der Waals surface area contributed by atoms with Gasteiger partial charge in [-0.2, -0.15) is 0 Å². The highest BCUT2D eigenvalue weighted by Crippen LogP contribution is 2.39. The van der Waals surface area contributed by atoms with Crippen molar-refractivity contribution < 1.29 is 13.0 Å². The molecule has 3 rings (SSSR count). The van der Waals surface area contributed by atoms with E-state index in [1.807, 2.05) is 95.8 Å². The average Bonchev–Trinajstić information content (AvgIpc) is 2.62. The fourth-order valence-electron chi connectivity index (χ4n) is 2.70. The first-order valence-electron chi connectivity index (χ1n) is 7.47. The van der Waals surface area contributed by atoms with Gasteiger partial charge in [0.15, 0.2) is 23.0 Å². The monoisotopic (exact) mass is 430 g/mol. The third-order valence-electron chi connectivity index (χ3n) is 3.78. The molecule has 0 saturated carbocycles. The van der Waals surface area contributed by atoms with Crippen molar-refractivity contribution in [3.05, 3.63) is 78.4 Å². The molecule has 0 amide bonds. The van der Waals surface area contributed by atoms with Crippen LogP contribution in [-0.2, 0) is 11.2 Å². The van der Waals surface area contributed by atoms with Crippen molar-refractivity contribution in [3.63, 3.8) is 0 Å². The lowest BCUT2D eigenvalue weighted by molar-refractivity contribution is -0.136. The average molecular weight is 430 g/mol. The molecule has 120 valence electrons. The van der Waals surface area contributed by atoms with Crippen LogP contribution in [0.15, 0.2) is 72.8 Å². The van der Waals surface area contributed by atoms with Gasteiger partial charge in [-0.15, -0.1) is 0 Å². The van der Waals surface area contributed by atoms with Gasteiger partial charge in [0, 0.05) is 11.1 Å². The van der Waals surface area contributed by atoms with Gasteiger partial charge >= 0.3 is 5.97 Å². The van der Waals surface area contributed by atoms with Gasteiger partial charge < -0.3 is 8.17 Å². The summed E-state index contributed by atoms with van der Waals surface area (Å²) in [6.45, 7) is 0. The molecule has 3 aromatic carbocycles. The molecule has 0 bridgehead atoms. The molecule has 3 aromatic rings. The second-order valence-corrected chi connectivity index (χ2v) is 5.83. The van der Waals surface area contributed by atoms with Crippen molar-refractivity contribution in [2.24, 2.45) is 0 Å². The Kier molecular flexibility index (Phi) is 5.15. The largest absolute Gasteiger partial charge is 0.481 e. The highest BCUT2D eigenvalue weighted by Gasteiger charge is 2.16. The minimum absolute atomic E-state index is 0.0845. The lowest BCUT2D eigenvalue weighted by Gasteiger charge is -2.15. The van der Waals surface area contributed by atoms with Crippen molar-refractivity contribution >= 4 is 29.0 Å². The van der Waals surface area contributed by atoms with Gasteiger partial charge in [-0.3, -0.25) is 4.79 Å². The van der Waals surface area contributed by atoms with Crippen molar-refractivity contribution in [2.75, 3.05) is 0 Å². The molecule has 1 N–H and O–H groups in total. The third kappa shape index (κ3) is 3.59. The van der Waals surface area contributed by atoms with E-state index in [2.05, 4.69) is 0 Å². The minimum atomic E-state index is -0.881. The first-order valence-corrected chi connectivity index (χ1v) is 8.35. The molecule has 0 unspecified atom stereocenters. The lowest BCUT2D eigenvalue weighted by atomic mass is 9.94. The number of aliphatic carboxylic acids is 1. The fraction of sp³-hybridized carbons (Fsp3) is 0.0500. The summed E-state index contributed by atoms with van der Waals surface area (Å²) < 4.78 is 5.53. The van der Waals surface area contributed by atoms with Crippen LogP contribution in [-0.4, -0.2) is 11.1 Å². The lowest BCUT2D eigenvalue weighted by Crippen LogP contribution is -2.03. The number of rotatable bonds is 5. The Balaban J connectivity index is 2.24. The van der Waals surface area contributed by atoms with E-state index >= 15 is 0 Å². The first-order chi connectivity index (χ1) is 11.7. The Morgan fingerprint density at radius 3 is 2.00 bits per heavy atom. The highest BCUT2D eigenvalue weighted by molar-refractivity contribution is 14.1. The number of halogens is 1. The maximum Gasteiger partial charge on any atom is 0.307 e. The zero-order chi connectivity index (χ0) is 16.9. The van der Waals surface area contributed by atoms with Crippen molar-refractivity contribution in [1.82, 2.24) is 0 Å². The summed E-state index contributed by atoms with van der Waals surface area (Å²) in [6.07, 6.45) is -0.0845. The van der Waals surface area contributed by atoms with E-state index in [1.54, 1.807) is 0 Å². The van der Waals surface area contributed by atoms with Crippen LogP contribution in [0.25, 0.3) is 22.3 Å². The predicted octanol–water partition coefficient (Wildman–Crippen LogP) is 5.38. The van der Waals surface area contributed by atoms with Crippen LogP contribution in [0.1, 0.15) is 5.56 Å². The molecule has 0 aliphatic rings. The van der Waals surface area contributed by atoms with Crippen molar-refractivity contribution in [2.45, 2.75) is 6.42 Å². The van der Waals surface area contributed by atoms with Crippen LogP contribution in [0.3, 0.4) is 0 Å². The fourth-order valence-corrected chi connectivity index (χ4v) is 3.22. The number of hydrogen-bond acceptors (Lipinski definition) is 2. The molecule has 0 fully saturated rings. The predicted molar refractivity (Wildman–Crippen MR) is 103 cm³/mol. The number of carbonyl (C=O) groups is 1. The normalized spacial score (nSPS) is 10.4. The maximum absolute atomic E-state index is 11.3. The van der Waals surface area contributed by atoms with Gasteiger partial charge in [-0.1, -0.05) is 60.7 Å². The van der Waals surface area contributed by atoms with Crippen LogP contribution >= 0.6 is 23.0 Å². The molecule has 0 aromatic heterocycles. The second-order valence-electron chi connectivity index (χ2n) is 5.39. The molecule has 3 nitrogen and oxygen atoms in total. The molecular weight excluding hydrogens is 415 g/mol. The zero-order valence-electron chi connectivity index (χ0n) is 12.8. The number of hydrogen-bond donors (Lipinski definition) is 1. The number of carboxylic acid groups (broad SMARTS) is 1. The Hall–Kier alpha value is -2.34. The van der Waals surface area contributed by atoms with Gasteiger partial charge in [0.1, 0.15) is 5.75 Å². The van der Waals surface area contributed by atoms with Gasteiger partial charge in [-0.05, 0) is 28.8 Å². The zero-order valence-corrected chi connectivity index (χ0v) is 14.9. The van der Waals surface area contributed by atoms with Crippen LogP contribution in [0.4, 0.5) is 0 Å². The Morgan fingerprint density at radius 2 is 1.46 bits per heavy atom. The molecule has 0 spiro atoms. The van der Waals surface area contributed by atoms with E-state index in [0.29, 0.717) is 11.3 Å². The molecule has 4 heteroatoms. The van der Waals surface area contributed by atoms with E-state index in [-0.39, 0.29) is 6.42 Å². The molecule has 0 radical (unpaired) electrons. The summed E-state index contributed by atoms with van der Waals surface area (Å²) in [5, 5.41) is 9.25. The maximum atomic E-state index is 11.3. The summed E-state index contributed by atoms with van der Waals surface area (Å²) in [7, 11) is 0. The van der Waals surface area contributed by atoms with Gasteiger partial charge in [0.2, 0.25) is 0 Å². The van der Waals surface area contributed by atoms with Crippen LogP contribution in [0, 0.1) is 0 Å². The van der Waals surface area contributed by atoms with Crippen LogP contribution < -0.4 is 3.07 Å². The minimum Gasteiger partial charge on any atom is -0.481 e. The highest BCUT2D eigenvalue weighted by atomic mass is 127. The van der Waals surface area contributed by atoms with Gasteiger partial charge in [-0.25, -0.2) is 0 Å². The summed E-state index contributed by atoms with van der Waals surface area (Å²) in [4.78, 5) is 11.3. The van der Waals surface area contributed by atoms with E-state index in [0.717, 1.165) is 22.3 Å². The summed E-state index contributed by atoms with van der Waals surface area (Å²) >= 11 is 1.81. The second kappa shape index (κ2) is 7.49.